The van der Waals surface area contributed by atoms with Crippen LogP contribution in [0.25, 0.3) is 10.9 Å². The highest BCUT2D eigenvalue weighted by molar-refractivity contribution is 5.90. The number of methoxy groups -OCH3 is 1. The Morgan fingerprint density at radius 3 is 3.00 bits per heavy atom. The van der Waals surface area contributed by atoms with Gasteiger partial charge >= 0.3 is 5.97 Å². The van der Waals surface area contributed by atoms with Crippen molar-refractivity contribution in [3.05, 3.63) is 30.3 Å². The van der Waals surface area contributed by atoms with Crippen molar-refractivity contribution in [2.75, 3.05) is 25.1 Å². The number of carbonyl (C=O) groups excluding carboxylic acids is 1. The predicted octanol–water partition coefficient (Wildman–Crippen LogP) is 2.16. The first-order valence-corrected chi connectivity index (χ1v) is 6.77. The van der Waals surface area contributed by atoms with Crippen LogP contribution in [0.15, 0.2) is 24.5 Å². The molecule has 1 fully saturated rings. The van der Waals surface area contributed by atoms with E-state index in [1.54, 1.807) is 6.07 Å². The average molecular weight is 289 g/mol. The zero-order valence-corrected chi connectivity index (χ0v) is 12.0. The molecule has 1 aliphatic rings. The number of halogens is 1. The Morgan fingerprint density at radius 1 is 1.43 bits per heavy atom. The lowest BCUT2D eigenvalue weighted by molar-refractivity contribution is -0.150. The number of nitrogens with zero attached hydrogens (tertiary/aromatic N) is 3. The van der Waals surface area contributed by atoms with Crippen LogP contribution in [0, 0.1) is 11.2 Å². The van der Waals surface area contributed by atoms with Gasteiger partial charge in [0.2, 0.25) is 0 Å². The molecule has 21 heavy (non-hydrogen) atoms. The van der Waals surface area contributed by atoms with Gasteiger partial charge in [-0.2, -0.15) is 0 Å². The Bertz CT molecular complexity index is 706. The molecule has 0 saturated carbocycles. The molecule has 6 heteroatoms. The number of rotatable bonds is 2. The van der Waals surface area contributed by atoms with E-state index in [9.17, 15) is 9.18 Å². The molecule has 1 atom stereocenters. The predicted molar refractivity (Wildman–Crippen MR) is 76.4 cm³/mol. The van der Waals surface area contributed by atoms with E-state index in [-0.39, 0.29) is 11.8 Å². The largest absolute Gasteiger partial charge is 0.469 e. The second kappa shape index (κ2) is 4.95. The Morgan fingerprint density at radius 2 is 2.24 bits per heavy atom. The van der Waals surface area contributed by atoms with Crippen LogP contribution in [0.4, 0.5) is 10.2 Å². The van der Waals surface area contributed by atoms with Crippen LogP contribution in [-0.2, 0) is 9.53 Å². The van der Waals surface area contributed by atoms with Gasteiger partial charge in [-0.1, -0.05) is 0 Å². The summed E-state index contributed by atoms with van der Waals surface area (Å²) >= 11 is 0. The number of hydrogen-bond donors (Lipinski definition) is 0. The lowest BCUT2D eigenvalue weighted by Crippen LogP contribution is -2.33. The number of benzene rings is 1. The fourth-order valence-electron chi connectivity index (χ4n) is 2.82. The summed E-state index contributed by atoms with van der Waals surface area (Å²) in [5.41, 5.74) is 0.132. The van der Waals surface area contributed by atoms with Crippen molar-refractivity contribution >= 4 is 22.7 Å². The summed E-state index contributed by atoms with van der Waals surface area (Å²) in [5.74, 6) is 0.107. The smallest absolute Gasteiger partial charge is 0.313 e. The van der Waals surface area contributed by atoms with Crippen molar-refractivity contribution in [1.82, 2.24) is 9.97 Å². The molecule has 3 rings (SSSR count). The molecule has 1 unspecified atom stereocenters. The molecule has 0 radical (unpaired) electrons. The second-order valence-electron chi connectivity index (χ2n) is 5.58. The highest BCUT2D eigenvalue weighted by Crippen LogP contribution is 2.35. The highest BCUT2D eigenvalue weighted by Gasteiger charge is 2.42. The van der Waals surface area contributed by atoms with Crippen LogP contribution in [-0.4, -0.2) is 36.1 Å². The maximum absolute atomic E-state index is 13.5. The summed E-state index contributed by atoms with van der Waals surface area (Å²) in [4.78, 5) is 22.3. The van der Waals surface area contributed by atoms with Gasteiger partial charge in [0.25, 0.3) is 0 Å². The first-order valence-electron chi connectivity index (χ1n) is 6.77. The second-order valence-corrected chi connectivity index (χ2v) is 5.58. The normalized spacial score (nSPS) is 21.8. The van der Waals surface area contributed by atoms with E-state index in [1.165, 1.54) is 25.6 Å². The van der Waals surface area contributed by atoms with Crippen molar-refractivity contribution in [3.8, 4) is 0 Å². The van der Waals surface area contributed by atoms with Gasteiger partial charge in [0, 0.05) is 18.5 Å². The zero-order chi connectivity index (χ0) is 15.0. The lowest BCUT2D eigenvalue weighted by Gasteiger charge is -2.23. The summed E-state index contributed by atoms with van der Waals surface area (Å²) in [6, 6.07) is 4.44. The molecular weight excluding hydrogens is 273 g/mol. The SMILES string of the molecule is COC(=O)C1(C)CCN(c2ncnc3ccc(F)cc23)C1. The van der Waals surface area contributed by atoms with Gasteiger partial charge in [0.05, 0.1) is 18.0 Å². The van der Waals surface area contributed by atoms with Gasteiger partial charge in [0.1, 0.15) is 18.0 Å². The quantitative estimate of drug-likeness (QED) is 0.793. The molecule has 5 nitrogen and oxygen atoms in total. The number of ether oxygens (including phenoxy) is 1. The van der Waals surface area contributed by atoms with Crippen LogP contribution >= 0.6 is 0 Å². The molecule has 1 aromatic heterocycles. The van der Waals surface area contributed by atoms with Crippen molar-refractivity contribution in [1.29, 1.82) is 0 Å². The number of fused-ring (bicyclic) bond motifs is 1. The number of hydrogen-bond acceptors (Lipinski definition) is 5. The van der Waals surface area contributed by atoms with Crippen LogP contribution in [0.3, 0.4) is 0 Å². The van der Waals surface area contributed by atoms with Crippen LogP contribution in [0.5, 0.6) is 0 Å². The summed E-state index contributed by atoms with van der Waals surface area (Å²) in [6.45, 7) is 3.05. The Labute approximate surface area is 121 Å². The Kier molecular flexibility index (Phi) is 3.23. The lowest BCUT2D eigenvalue weighted by atomic mass is 9.90. The van der Waals surface area contributed by atoms with E-state index in [0.717, 1.165) is 0 Å². The molecule has 1 aliphatic heterocycles. The monoisotopic (exact) mass is 289 g/mol. The van der Waals surface area contributed by atoms with Crippen molar-refractivity contribution in [3.63, 3.8) is 0 Å². The Hall–Kier alpha value is -2.24. The van der Waals surface area contributed by atoms with Crippen LogP contribution < -0.4 is 4.90 Å². The van der Waals surface area contributed by atoms with Crippen LogP contribution in [0.1, 0.15) is 13.3 Å². The Balaban J connectivity index is 1.99. The third-order valence-electron chi connectivity index (χ3n) is 4.03. The van der Waals surface area contributed by atoms with Gasteiger partial charge in [-0.25, -0.2) is 14.4 Å². The molecule has 0 aliphatic carbocycles. The van der Waals surface area contributed by atoms with Crippen molar-refractivity contribution in [2.45, 2.75) is 13.3 Å². The van der Waals surface area contributed by atoms with Crippen molar-refractivity contribution in [2.24, 2.45) is 5.41 Å². The molecule has 2 heterocycles. The average Bonchev–Trinajstić information content (AvgIpc) is 2.89. The number of aromatic nitrogens is 2. The van der Waals surface area contributed by atoms with E-state index < -0.39 is 5.41 Å². The van der Waals surface area contributed by atoms with E-state index in [4.69, 9.17) is 4.74 Å². The van der Waals surface area contributed by atoms with Gasteiger partial charge in [-0.3, -0.25) is 4.79 Å². The summed E-state index contributed by atoms with van der Waals surface area (Å²) in [5, 5.41) is 0.659. The third-order valence-corrected chi connectivity index (χ3v) is 4.03. The highest BCUT2D eigenvalue weighted by atomic mass is 19.1. The molecule has 0 spiro atoms. The summed E-state index contributed by atoms with van der Waals surface area (Å²) < 4.78 is 18.4. The van der Waals surface area contributed by atoms with Crippen molar-refractivity contribution < 1.29 is 13.9 Å². The zero-order valence-electron chi connectivity index (χ0n) is 12.0. The van der Waals surface area contributed by atoms with Crippen LogP contribution in [0.2, 0.25) is 0 Å². The molecular formula is C15H16FN3O2. The maximum Gasteiger partial charge on any atom is 0.313 e. The van der Waals surface area contributed by atoms with Gasteiger partial charge < -0.3 is 9.64 Å². The number of carbonyl (C=O) groups is 1. The standard InChI is InChI=1S/C15H16FN3O2/c1-15(14(20)21-2)5-6-19(8-15)13-11-7-10(16)3-4-12(11)17-9-18-13/h3-4,7,9H,5-6,8H2,1-2H3. The molecule has 0 bridgehead atoms. The molecule has 2 aromatic rings. The number of esters is 1. The van der Waals surface area contributed by atoms with Gasteiger partial charge in [0.15, 0.2) is 0 Å². The summed E-state index contributed by atoms with van der Waals surface area (Å²) in [7, 11) is 1.39. The minimum atomic E-state index is -0.556. The van der Waals surface area contributed by atoms with Gasteiger partial charge in [-0.05, 0) is 31.5 Å². The summed E-state index contributed by atoms with van der Waals surface area (Å²) in [6.07, 6.45) is 2.14. The topological polar surface area (TPSA) is 55.3 Å². The molecule has 0 N–H and O–H groups in total. The van der Waals surface area contributed by atoms with Gasteiger partial charge in [-0.15, -0.1) is 0 Å². The van der Waals surface area contributed by atoms with E-state index in [0.29, 0.717) is 36.2 Å². The number of anilines is 1. The van der Waals surface area contributed by atoms with E-state index in [2.05, 4.69) is 9.97 Å². The van der Waals surface area contributed by atoms with E-state index in [1.807, 2.05) is 11.8 Å². The molecule has 1 aromatic carbocycles. The fourth-order valence-corrected chi connectivity index (χ4v) is 2.82. The minimum Gasteiger partial charge on any atom is -0.469 e. The molecule has 1 saturated heterocycles. The minimum absolute atomic E-state index is 0.227. The first-order chi connectivity index (χ1) is 10.0. The maximum atomic E-state index is 13.5. The molecule has 0 amide bonds. The fraction of sp³-hybridized carbons (Fsp3) is 0.400. The third kappa shape index (κ3) is 2.30. The van der Waals surface area contributed by atoms with E-state index >= 15 is 0 Å². The first kappa shape index (κ1) is 13.7. The molecule has 110 valence electrons.